The van der Waals surface area contributed by atoms with Crippen LogP contribution in [-0.4, -0.2) is 39.7 Å². The third-order valence-corrected chi connectivity index (χ3v) is 4.08. The van der Waals surface area contributed by atoms with Gasteiger partial charge in [-0.05, 0) is 68.3 Å². The average Bonchev–Trinajstić information content (AvgIpc) is 2.65. The molecule has 0 aromatic carbocycles. The zero-order valence-electron chi connectivity index (χ0n) is 13.5. The van der Waals surface area contributed by atoms with Crippen LogP contribution in [0.4, 0.5) is 4.79 Å². The first-order chi connectivity index (χ1) is 10.3. The monoisotopic (exact) mass is 369 g/mol. The Morgan fingerprint density at radius 2 is 2.09 bits per heavy atom. The molecule has 1 aliphatic heterocycles. The lowest BCUT2D eigenvalue weighted by Crippen LogP contribution is -2.37. The van der Waals surface area contributed by atoms with Crippen LogP contribution in [-0.2, 0) is 11.2 Å². The van der Waals surface area contributed by atoms with E-state index in [1.54, 1.807) is 6.20 Å². The molecular formula is C16H24BrN3O2. The van der Waals surface area contributed by atoms with Crippen molar-refractivity contribution < 1.29 is 9.53 Å². The van der Waals surface area contributed by atoms with E-state index in [0.717, 1.165) is 49.1 Å². The van der Waals surface area contributed by atoms with Gasteiger partial charge in [0, 0.05) is 19.3 Å². The highest BCUT2D eigenvalue weighted by molar-refractivity contribution is 9.10. The zero-order chi connectivity index (χ0) is 16.2. The Hall–Kier alpha value is -1.17. The minimum atomic E-state index is -0.435. The largest absolute Gasteiger partial charge is 0.444 e. The number of carbonyl (C=O) groups excluding carboxylic acids is 1. The molecule has 1 aromatic rings. The van der Waals surface area contributed by atoms with Crippen LogP contribution in [0.1, 0.15) is 45.7 Å². The van der Waals surface area contributed by atoms with Crippen LogP contribution >= 0.6 is 15.9 Å². The Kier molecular flexibility index (Phi) is 5.78. The molecule has 1 fully saturated rings. The van der Waals surface area contributed by atoms with Gasteiger partial charge in [-0.25, -0.2) is 9.78 Å². The van der Waals surface area contributed by atoms with Crippen LogP contribution in [0.25, 0.3) is 0 Å². The second-order valence-corrected chi connectivity index (χ2v) is 7.61. The van der Waals surface area contributed by atoms with Gasteiger partial charge in [0.15, 0.2) is 0 Å². The van der Waals surface area contributed by atoms with Crippen molar-refractivity contribution in [2.45, 2.75) is 52.1 Å². The minimum absolute atomic E-state index is 0.198. The molecule has 6 heteroatoms. The molecule has 1 unspecified atom stereocenters. The van der Waals surface area contributed by atoms with Gasteiger partial charge in [0.2, 0.25) is 0 Å². The lowest BCUT2D eigenvalue weighted by molar-refractivity contribution is 0.0255. The minimum Gasteiger partial charge on any atom is -0.444 e. The van der Waals surface area contributed by atoms with Crippen molar-refractivity contribution in [3.05, 3.63) is 22.7 Å². The van der Waals surface area contributed by atoms with Crippen LogP contribution in [0, 0.1) is 5.92 Å². The molecular weight excluding hydrogens is 346 g/mol. The molecule has 5 nitrogen and oxygen atoms in total. The number of amides is 1. The Balaban J connectivity index is 1.87. The summed E-state index contributed by atoms with van der Waals surface area (Å²) < 4.78 is 6.22. The SMILES string of the molecule is CC(C)(C)OC(=O)N1CCCC(Cc2cnc(Br)cn2)CC1. The summed E-state index contributed by atoms with van der Waals surface area (Å²) in [5.74, 6) is 0.544. The highest BCUT2D eigenvalue weighted by atomic mass is 79.9. The molecule has 1 saturated heterocycles. The van der Waals surface area contributed by atoms with Crippen molar-refractivity contribution in [2.75, 3.05) is 13.1 Å². The van der Waals surface area contributed by atoms with Gasteiger partial charge >= 0.3 is 6.09 Å². The fourth-order valence-electron chi connectivity index (χ4n) is 2.62. The van der Waals surface area contributed by atoms with Crippen LogP contribution in [0.15, 0.2) is 17.0 Å². The Labute approximate surface area is 140 Å². The van der Waals surface area contributed by atoms with Gasteiger partial charge in [-0.2, -0.15) is 0 Å². The quantitative estimate of drug-likeness (QED) is 0.794. The molecule has 0 N–H and O–H groups in total. The summed E-state index contributed by atoms with van der Waals surface area (Å²) >= 11 is 3.30. The number of carbonyl (C=O) groups is 1. The summed E-state index contributed by atoms with van der Waals surface area (Å²) in [5.41, 5.74) is 0.578. The highest BCUT2D eigenvalue weighted by Gasteiger charge is 2.25. The maximum atomic E-state index is 12.1. The normalized spacial score (nSPS) is 19.6. The molecule has 0 saturated carbocycles. The van der Waals surface area contributed by atoms with Gasteiger partial charge in [-0.3, -0.25) is 4.98 Å². The number of hydrogen-bond acceptors (Lipinski definition) is 4. The van der Waals surface area contributed by atoms with Crippen molar-refractivity contribution in [3.63, 3.8) is 0 Å². The zero-order valence-corrected chi connectivity index (χ0v) is 15.1. The third-order valence-electron chi connectivity index (χ3n) is 3.67. The maximum Gasteiger partial charge on any atom is 0.410 e. The van der Waals surface area contributed by atoms with Crippen molar-refractivity contribution in [1.82, 2.24) is 14.9 Å². The van der Waals surface area contributed by atoms with E-state index >= 15 is 0 Å². The van der Waals surface area contributed by atoms with Crippen molar-refractivity contribution in [2.24, 2.45) is 5.92 Å². The maximum absolute atomic E-state index is 12.1. The van der Waals surface area contributed by atoms with E-state index in [-0.39, 0.29) is 6.09 Å². The molecule has 2 heterocycles. The molecule has 22 heavy (non-hydrogen) atoms. The van der Waals surface area contributed by atoms with Crippen molar-refractivity contribution in [3.8, 4) is 0 Å². The molecule has 122 valence electrons. The van der Waals surface area contributed by atoms with Gasteiger partial charge in [-0.15, -0.1) is 0 Å². The van der Waals surface area contributed by atoms with E-state index in [9.17, 15) is 4.79 Å². The molecule has 1 aliphatic rings. The standard InChI is InChI=1S/C16H24BrN3O2/c1-16(2,3)22-15(21)20-7-4-5-12(6-8-20)9-13-10-19-14(17)11-18-13/h10-12H,4-9H2,1-3H3. The topological polar surface area (TPSA) is 55.3 Å². The van der Waals surface area contributed by atoms with Gasteiger partial charge in [0.05, 0.1) is 11.9 Å². The lowest BCUT2D eigenvalue weighted by Gasteiger charge is -2.26. The van der Waals surface area contributed by atoms with Gasteiger partial charge in [-0.1, -0.05) is 0 Å². The highest BCUT2D eigenvalue weighted by Crippen LogP contribution is 2.22. The Morgan fingerprint density at radius 3 is 2.73 bits per heavy atom. The van der Waals surface area contributed by atoms with E-state index in [1.807, 2.05) is 31.9 Å². The second-order valence-electron chi connectivity index (χ2n) is 6.80. The van der Waals surface area contributed by atoms with Crippen LogP contribution in [0.2, 0.25) is 0 Å². The first-order valence-corrected chi connectivity index (χ1v) is 8.57. The van der Waals surface area contributed by atoms with Gasteiger partial charge in [0.25, 0.3) is 0 Å². The molecule has 0 bridgehead atoms. The third kappa shape index (κ3) is 5.55. The summed E-state index contributed by atoms with van der Waals surface area (Å²) in [6.07, 6.45) is 7.38. The molecule has 0 spiro atoms. The number of rotatable bonds is 2. The van der Waals surface area contributed by atoms with E-state index in [2.05, 4.69) is 25.9 Å². The predicted molar refractivity (Wildman–Crippen MR) is 88.6 cm³/mol. The van der Waals surface area contributed by atoms with Gasteiger partial charge < -0.3 is 9.64 Å². The van der Waals surface area contributed by atoms with E-state index in [0.29, 0.717) is 5.92 Å². The second kappa shape index (κ2) is 7.40. The smallest absolute Gasteiger partial charge is 0.410 e. The van der Waals surface area contributed by atoms with E-state index < -0.39 is 5.60 Å². The van der Waals surface area contributed by atoms with Crippen LogP contribution in [0.5, 0.6) is 0 Å². The number of aromatic nitrogens is 2. The molecule has 2 rings (SSSR count). The molecule has 0 radical (unpaired) electrons. The van der Waals surface area contributed by atoms with Crippen molar-refractivity contribution in [1.29, 1.82) is 0 Å². The lowest BCUT2D eigenvalue weighted by atomic mass is 9.95. The molecule has 0 aliphatic carbocycles. The van der Waals surface area contributed by atoms with Crippen LogP contribution < -0.4 is 0 Å². The van der Waals surface area contributed by atoms with E-state index in [1.165, 1.54) is 0 Å². The Morgan fingerprint density at radius 1 is 1.32 bits per heavy atom. The summed E-state index contributed by atoms with van der Waals surface area (Å²) in [7, 11) is 0. The van der Waals surface area contributed by atoms with Crippen molar-refractivity contribution >= 4 is 22.0 Å². The number of hydrogen-bond donors (Lipinski definition) is 0. The number of likely N-dealkylation sites (tertiary alicyclic amines) is 1. The van der Waals surface area contributed by atoms with Gasteiger partial charge in [0.1, 0.15) is 10.2 Å². The summed E-state index contributed by atoms with van der Waals surface area (Å²) in [6.45, 7) is 7.23. The fourth-order valence-corrected chi connectivity index (χ4v) is 2.82. The number of nitrogens with zero attached hydrogens (tertiary/aromatic N) is 3. The molecule has 1 atom stereocenters. The summed E-state index contributed by atoms with van der Waals surface area (Å²) in [5, 5.41) is 0. The summed E-state index contributed by atoms with van der Waals surface area (Å²) in [4.78, 5) is 22.6. The van der Waals surface area contributed by atoms with Crippen LogP contribution in [0.3, 0.4) is 0 Å². The predicted octanol–water partition coefficient (Wildman–Crippen LogP) is 3.82. The Bertz CT molecular complexity index is 499. The first-order valence-electron chi connectivity index (χ1n) is 7.78. The molecule has 1 amide bonds. The number of halogens is 1. The summed E-state index contributed by atoms with van der Waals surface area (Å²) in [6, 6.07) is 0. The molecule has 1 aromatic heterocycles. The fraction of sp³-hybridized carbons (Fsp3) is 0.688. The van der Waals surface area contributed by atoms with E-state index in [4.69, 9.17) is 4.74 Å². The first kappa shape index (κ1) is 17.2. The average molecular weight is 370 g/mol. The number of ether oxygens (including phenoxy) is 1.